The van der Waals surface area contributed by atoms with Crippen LogP contribution >= 0.6 is 15.9 Å². The number of nitrogens with one attached hydrogen (secondary N) is 1. The Bertz CT molecular complexity index is 582. The molecule has 0 spiro atoms. The largest absolute Gasteiger partial charge is 0.497 e. The molecule has 0 amide bonds. The van der Waals surface area contributed by atoms with Crippen LogP contribution < -0.4 is 14.8 Å². The molecule has 0 bridgehead atoms. The maximum absolute atomic E-state index is 5.83. The SMILES string of the molecule is COc1ccc(Oc2ccc(CNC(C)C)c(Br)c2)cc1. The minimum atomic E-state index is 0.465. The Hall–Kier alpha value is -1.52. The van der Waals surface area contributed by atoms with Gasteiger partial charge in [-0.05, 0) is 42.0 Å². The van der Waals surface area contributed by atoms with Gasteiger partial charge in [-0.1, -0.05) is 35.8 Å². The van der Waals surface area contributed by atoms with E-state index in [-0.39, 0.29) is 0 Å². The summed E-state index contributed by atoms with van der Waals surface area (Å²) in [6, 6.07) is 14.0. The van der Waals surface area contributed by atoms with Crippen molar-refractivity contribution in [1.82, 2.24) is 5.32 Å². The van der Waals surface area contributed by atoms with Crippen LogP contribution in [0.15, 0.2) is 46.9 Å². The Labute approximate surface area is 134 Å². The fourth-order valence-corrected chi connectivity index (χ4v) is 2.33. The molecule has 0 aromatic heterocycles. The normalized spacial score (nSPS) is 10.7. The molecule has 0 saturated carbocycles. The molecule has 0 atom stereocenters. The third kappa shape index (κ3) is 4.76. The van der Waals surface area contributed by atoms with E-state index in [4.69, 9.17) is 9.47 Å². The zero-order chi connectivity index (χ0) is 15.2. The second kappa shape index (κ2) is 7.48. The third-order valence-corrected chi connectivity index (χ3v) is 3.76. The van der Waals surface area contributed by atoms with Gasteiger partial charge in [-0.2, -0.15) is 0 Å². The van der Waals surface area contributed by atoms with Gasteiger partial charge in [0, 0.05) is 17.1 Å². The van der Waals surface area contributed by atoms with Crippen molar-refractivity contribution in [3.8, 4) is 17.2 Å². The molecular formula is C17H20BrNO2. The number of rotatable bonds is 6. The Balaban J connectivity index is 2.05. The van der Waals surface area contributed by atoms with Crippen molar-refractivity contribution < 1.29 is 9.47 Å². The highest BCUT2D eigenvalue weighted by molar-refractivity contribution is 9.10. The second-order valence-electron chi connectivity index (χ2n) is 5.07. The van der Waals surface area contributed by atoms with Gasteiger partial charge < -0.3 is 14.8 Å². The van der Waals surface area contributed by atoms with E-state index in [0.29, 0.717) is 6.04 Å². The van der Waals surface area contributed by atoms with E-state index in [1.165, 1.54) is 5.56 Å². The van der Waals surface area contributed by atoms with Crippen LogP contribution in [0.3, 0.4) is 0 Å². The van der Waals surface area contributed by atoms with Crippen molar-refractivity contribution in [3.63, 3.8) is 0 Å². The van der Waals surface area contributed by atoms with E-state index in [1.54, 1.807) is 7.11 Å². The summed E-state index contributed by atoms with van der Waals surface area (Å²) >= 11 is 3.59. The van der Waals surface area contributed by atoms with Gasteiger partial charge in [0.15, 0.2) is 0 Å². The fourth-order valence-electron chi connectivity index (χ4n) is 1.83. The highest BCUT2D eigenvalue weighted by Crippen LogP contribution is 2.28. The summed E-state index contributed by atoms with van der Waals surface area (Å²) in [4.78, 5) is 0. The average Bonchev–Trinajstić information content (AvgIpc) is 2.47. The monoisotopic (exact) mass is 349 g/mol. The third-order valence-electron chi connectivity index (χ3n) is 3.02. The minimum Gasteiger partial charge on any atom is -0.497 e. The van der Waals surface area contributed by atoms with Crippen LogP contribution in [0, 0.1) is 0 Å². The highest BCUT2D eigenvalue weighted by Gasteiger charge is 2.04. The van der Waals surface area contributed by atoms with Crippen LogP contribution in [0.5, 0.6) is 17.2 Å². The van der Waals surface area contributed by atoms with Gasteiger partial charge >= 0.3 is 0 Å². The molecule has 0 aliphatic carbocycles. The van der Waals surface area contributed by atoms with Gasteiger partial charge in [0.05, 0.1) is 7.11 Å². The van der Waals surface area contributed by atoms with E-state index in [1.807, 2.05) is 36.4 Å². The summed E-state index contributed by atoms with van der Waals surface area (Å²) < 4.78 is 12.0. The molecule has 2 rings (SSSR count). The van der Waals surface area contributed by atoms with E-state index in [0.717, 1.165) is 28.3 Å². The summed E-state index contributed by atoms with van der Waals surface area (Å²) in [7, 11) is 1.65. The molecule has 21 heavy (non-hydrogen) atoms. The van der Waals surface area contributed by atoms with Crippen molar-refractivity contribution in [1.29, 1.82) is 0 Å². The molecule has 0 aliphatic rings. The number of halogens is 1. The van der Waals surface area contributed by atoms with E-state index < -0.39 is 0 Å². The lowest BCUT2D eigenvalue weighted by Crippen LogP contribution is -2.21. The van der Waals surface area contributed by atoms with Crippen molar-refractivity contribution in [2.24, 2.45) is 0 Å². The van der Waals surface area contributed by atoms with Crippen LogP contribution in [0.2, 0.25) is 0 Å². The standard InChI is InChI=1S/C17H20BrNO2/c1-12(2)19-11-13-4-5-16(10-17(13)18)21-15-8-6-14(20-3)7-9-15/h4-10,12,19H,11H2,1-3H3. The fraction of sp³-hybridized carbons (Fsp3) is 0.294. The van der Waals surface area contributed by atoms with Crippen LogP contribution in [-0.4, -0.2) is 13.2 Å². The van der Waals surface area contributed by atoms with Crippen molar-refractivity contribution in [2.75, 3.05) is 7.11 Å². The number of hydrogen-bond acceptors (Lipinski definition) is 3. The van der Waals surface area contributed by atoms with E-state index in [2.05, 4.69) is 41.2 Å². The molecule has 3 nitrogen and oxygen atoms in total. The molecule has 0 radical (unpaired) electrons. The van der Waals surface area contributed by atoms with Gasteiger partial charge in [0.2, 0.25) is 0 Å². The smallest absolute Gasteiger partial charge is 0.128 e. The van der Waals surface area contributed by atoms with E-state index in [9.17, 15) is 0 Å². The topological polar surface area (TPSA) is 30.5 Å². The molecule has 0 aliphatic heterocycles. The molecule has 0 fully saturated rings. The summed E-state index contributed by atoms with van der Waals surface area (Å²) in [5.41, 5.74) is 1.21. The zero-order valence-electron chi connectivity index (χ0n) is 12.5. The first-order chi connectivity index (χ1) is 10.1. The first kappa shape index (κ1) is 15.9. The average molecular weight is 350 g/mol. The van der Waals surface area contributed by atoms with Crippen LogP contribution in [-0.2, 0) is 6.54 Å². The van der Waals surface area contributed by atoms with Crippen LogP contribution in [0.1, 0.15) is 19.4 Å². The van der Waals surface area contributed by atoms with Crippen LogP contribution in [0.4, 0.5) is 0 Å². The summed E-state index contributed by atoms with van der Waals surface area (Å²) in [6.07, 6.45) is 0. The molecule has 2 aromatic rings. The summed E-state index contributed by atoms with van der Waals surface area (Å²) in [6.45, 7) is 5.10. The van der Waals surface area contributed by atoms with Gasteiger partial charge in [0.25, 0.3) is 0 Å². The van der Waals surface area contributed by atoms with Crippen molar-refractivity contribution >= 4 is 15.9 Å². The van der Waals surface area contributed by atoms with Crippen molar-refractivity contribution in [2.45, 2.75) is 26.4 Å². The second-order valence-corrected chi connectivity index (χ2v) is 5.92. The Morgan fingerprint density at radius 2 is 1.62 bits per heavy atom. The summed E-state index contributed by atoms with van der Waals surface area (Å²) in [5.74, 6) is 2.41. The lowest BCUT2D eigenvalue weighted by molar-refractivity contribution is 0.413. The Kier molecular flexibility index (Phi) is 5.65. The molecule has 4 heteroatoms. The maximum Gasteiger partial charge on any atom is 0.128 e. The van der Waals surface area contributed by atoms with Gasteiger partial charge in [-0.25, -0.2) is 0 Å². The highest BCUT2D eigenvalue weighted by atomic mass is 79.9. The molecule has 0 heterocycles. The Morgan fingerprint density at radius 1 is 1.00 bits per heavy atom. The molecule has 0 saturated heterocycles. The summed E-state index contributed by atoms with van der Waals surface area (Å²) in [5, 5.41) is 3.40. The lowest BCUT2D eigenvalue weighted by atomic mass is 10.2. The first-order valence-electron chi connectivity index (χ1n) is 6.92. The molecule has 1 N–H and O–H groups in total. The maximum atomic E-state index is 5.83. The van der Waals surface area contributed by atoms with Gasteiger partial charge in [-0.15, -0.1) is 0 Å². The Morgan fingerprint density at radius 3 is 2.19 bits per heavy atom. The predicted molar refractivity (Wildman–Crippen MR) is 89.2 cm³/mol. The van der Waals surface area contributed by atoms with Gasteiger partial charge in [-0.3, -0.25) is 0 Å². The van der Waals surface area contributed by atoms with Gasteiger partial charge in [0.1, 0.15) is 17.2 Å². The molecule has 112 valence electrons. The van der Waals surface area contributed by atoms with Crippen molar-refractivity contribution in [3.05, 3.63) is 52.5 Å². The minimum absolute atomic E-state index is 0.465. The number of methoxy groups -OCH3 is 1. The van der Waals surface area contributed by atoms with Crippen LogP contribution in [0.25, 0.3) is 0 Å². The number of benzene rings is 2. The molecule has 2 aromatic carbocycles. The lowest BCUT2D eigenvalue weighted by Gasteiger charge is -2.12. The van der Waals surface area contributed by atoms with E-state index >= 15 is 0 Å². The quantitative estimate of drug-likeness (QED) is 0.816. The zero-order valence-corrected chi connectivity index (χ0v) is 14.1. The number of ether oxygens (including phenoxy) is 2. The molecular weight excluding hydrogens is 330 g/mol. The molecule has 0 unspecified atom stereocenters. The first-order valence-corrected chi connectivity index (χ1v) is 7.71. The predicted octanol–water partition coefficient (Wildman–Crippen LogP) is 4.75. The number of hydrogen-bond donors (Lipinski definition) is 1.